The number of thiazole rings is 1. The van der Waals surface area contributed by atoms with Crippen molar-refractivity contribution in [2.45, 2.75) is 46.5 Å². The Hall–Kier alpha value is -1.55. The summed E-state index contributed by atoms with van der Waals surface area (Å²) in [5.41, 5.74) is 8.16. The topological polar surface area (TPSA) is 48.1 Å². The third-order valence-electron chi connectivity index (χ3n) is 4.67. The fourth-order valence-electron chi connectivity index (χ4n) is 3.09. The molecule has 0 fully saturated rings. The average molecular weight is 330 g/mol. The van der Waals surface area contributed by atoms with Crippen molar-refractivity contribution >= 4 is 17.0 Å². The van der Waals surface area contributed by atoms with Crippen LogP contribution in [0.4, 0.5) is 5.69 Å². The van der Waals surface area contributed by atoms with Crippen molar-refractivity contribution in [1.82, 2.24) is 4.98 Å². The lowest BCUT2D eigenvalue weighted by Gasteiger charge is -2.33. The number of aromatic nitrogens is 1. The summed E-state index contributed by atoms with van der Waals surface area (Å²) in [6.45, 7) is 7.72. The summed E-state index contributed by atoms with van der Waals surface area (Å²) in [6.07, 6.45) is 4.46. The second kappa shape index (κ2) is 6.52. The van der Waals surface area contributed by atoms with Gasteiger partial charge in [-0.05, 0) is 54.9 Å². The van der Waals surface area contributed by atoms with E-state index in [9.17, 15) is 0 Å². The lowest BCUT2D eigenvalue weighted by Crippen LogP contribution is -2.26. The Kier molecular flexibility index (Phi) is 4.62. The van der Waals surface area contributed by atoms with Gasteiger partial charge in [-0.15, -0.1) is 11.3 Å². The van der Waals surface area contributed by atoms with E-state index in [1.165, 1.54) is 28.4 Å². The van der Waals surface area contributed by atoms with Crippen LogP contribution in [0.2, 0.25) is 0 Å². The van der Waals surface area contributed by atoms with Crippen molar-refractivity contribution in [3.8, 4) is 5.75 Å². The molecule has 0 saturated carbocycles. The molecule has 3 nitrogen and oxygen atoms in total. The van der Waals surface area contributed by atoms with Crippen LogP contribution in [0.1, 0.15) is 42.8 Å². The number of ether oxygens (including phenoxy) is 1. The standard InChI is InChI=1S/C19H26N2OS/c1-19(2,3)13-4-9-16-17(12-13)23-18(21-16)10-11-22-15-7-5-14(20)6-8-15/h5-8,13H,4,9-12,20H2,1-3H3. The molecule has 1 aromatic carbocycles. The van der Waals surface area contributed by atoms with Gasteiger partial charge < -0.3 is 10.5 Å². The fraction of sp³-hybridized carbons (Fsp3) is 0.526. The van der Waals surface area contributed by atoms with Gasteiger partial charge in [-0.3, -0.25) is 0 Å². The molecule has 0 saturated heterocycles. The second-order valence-corrected chi connectivity index (χ2v) is 8.62. The maximum Gasteiger partial charge on any atom is 0.119 e. The largest absolute Gasteiger partial charge is 0.493 e. The maximum absolute atomic E-state index is 5.78. The second-order valence-electron chi connectivity index (χ2n) is 7.45. The highest BCUT2D eigenvalue weighted by Crippen LogP contribution is 2.39. The van der Waals surface area contributed by atoms with E-state index in [1.54, 1.807) is 0 Å². The molecular formula is C19H26N2OS. The number of hydrogen-bond donors (Lipinski definition) is 1. The highest BCUT2D eigenvalue weighted by molar-refractivity contribution is 7.11. The third-order valence-corrected chi connectivity index (χ3v) is 5.85. The molecule has 1 aliphatic carbocycles. The predicted molar refractivity (Wildman–Crippen MR) is 97.1 cm³/mol. The highest BCUT2D eigenvalue weighted by Gasteiger charge is 2.30. The molecular weight excluding hydrogens is 304 g/mol. The van der Waals surface area contributed by atoms with E-state index in [1.807, 2.05) is 35.6 Å². The molecule has 0 aliphatic heterocycles. The quantitative estimate of drug-likeness (QED) is 0.840. The fourth-order valence-corrected chi connectivity index (χ4v) is 4.27. The van der Waals surface area contributed by atoms with Crippen molar-refractivity contribution in [1.29, 1.82) is 0 Å². The molecule has 23 heavy (non-hydrogen) atoms. The van der Waals surface area contributed by atoms with Crippen LogP contribution < -0.4 is 10.5 Å². The number of benzene rings is 1. The molecule has 2 aromatic rings. The van der Waals surface area contributed by atoms with Gasteiger partial charge in [0.05, 0.1) is 17.3 Å². The minimum Gasteiger partial charge on any atom is -0.493 e. The molecule has 1 aromatic heterocycles. The molecule has 0 amide bonds. The van der Waals surface area contributed by atoms with Gasteiger partial charge in [0, 0.05) is 17.0 Å². The Morgan fingerprint density at radius 2 is 2.00 bits per heavy atom. The van der Waals surface area contributed by atoms with Gasteiger partial charge in [0.25, 0.3) is 0 Å². The van der Waals surface area contributed by atoms with Crippen LogP contribution in [0.15, 0.2) is 24.3 Å². The van der Waals surface area contributed by atoms with E-state index in [-0.39, 0.29) is 0 Å². The molecule has 0 bridgehead atoms. The van der Waals surface area contributed by atoms with Gasteiger partial charge in [-0.2, -0.15) is 0 Å². The van der Waals surface area contributed by atoms with Gasteiger partial charge in [0.2, 0.25) is 0 Å². The van der Waals surface area contributed by atoms with E-state index in [0.29, 0.717) is 12.0 Å². The van der Waals surface area contributed by atoms with Crippen LogP contribution >= 0.6 is 11.3 Å². The summed E-state index contributed by atoms with van der Waals surface area (Å²) in [7, 11) is 0. The molecule has 1 unspecified atom stereocenters. The van der Waals surface area contributed by atoms with E-state index >= 15 is 0 Å². The first-order valence-electron chi connectivity index (χ1n) is 8.37. The first kappa shape index (κ1) is 16.3. The van der Waals surface area contributed by atoms with Crippen LogP contribution in [0.5, 0.6) is 5.75 Å². The summed E-state index contributed by atoms with van der Waals surface area (Å²) in [5.74, 6) is 1.64. The normalized spacial score (nSPS) is 17.8. The SMILES string of the molecule is CC(C)(C)C1CCc2nc(CCOc3ccc(N)cc3)sc2C1. The lowest BCUT2D eigenvalue weighted by atomic mass is 9.73. The summed E-state index contributed by atoms with van der Waals surface area (Å²) < 4.78 is 5.78. The molecule has 1 atom stereocenters. The molecule has 3 rings (SSSR count). The van der Waals surface area contributed by atoms with Crippen LogP contribution in [-0.2, 0) is 19.3 Å². The third kappa shape index (κ3) is 4.05. The van der Waals surface area contributed by atoms with Gasteiger partial charge in [0.15, 0.2) is 0 Å². The Labute approximate surface area is 142 Å². The van der Waals surface area contributed by atoms with Crippen LogP contribution in [0.3, 0.4) is 0 Å². The number of fused-ring (bicyclic) bond motifs is 1. The van der Waals surface area contributed by atoms with E-state index in [0.717, 1.165) is 30.2 Å². The minimum atomic E-state index is 0.389. The zero-order valence-corrected chi connectivity index (χ0v) is 15.1. The number of nitrogen functional groups attached to an aromatic ring is 1. The van der Waals surface area contributed by atoms with Crippen LogP contribution in [0.25, 0.3) is 0 Å². The van der Waals surface area contributed by atoms with Crippen molar-refractivity contribution in [2.24, 2.45) is 11.3 Å². The first-order chi connectivity index (χ1) is 10.9. The molecule has 1 aliphatic rings. The van der Waals surface area contributed by atoms with Crippen molar-refractivity contribution in [3.05, 3.63) is 39.8 Å². The predicted octanol–water partition coefficient (Wildman–Crippen LogP) is 4.50. The molecule has 2 N–H and O–H groups in total. The monoisotopic (exact) mass is 330 g/mol. The number of anilines is 1. The minimum absolute atomic E-state index is 0.389. The molecule has 0 spiro atoms. The Bertz CT molecular complexity index is 655. The molecule has 0 radical (unpaired) electrons. The highest BCUT2D eigenvalue weighted by atomic mass is 32.1. The number of nitrogens with zero attached hydrogens (tertiary/aromatic N) is 1. The summed E-state index contributed by atoms with van der Waals surface area (Å²) in [4.78, 5) is 6.33. The number of aryl methyl sites for hydroxylation is 1. The van der Waals surface area contributed by atoms with Gasteiger partial charge in [0.1, 0.15) is 5.75 Å². The zero-order chi connectivity index (χ0) is 16.4. The van der Waals surface area contributed by atoms with E-state index < -0.39 is 0 Å². The zero-order valence-electron chi connectivity index (χ0n) is 14.3. The van der Waals surface area contributed by atoms with Crippen molar-refractivity contribution < 1.29 is 4.74 Å². The Morgan fingerprint density at radius 3 is 2.70 bits per heavy atom. The summed E-state index contributed by atoms with van der Waals surface area (Å²) >= 11 is 1.88. The Morgan fingerprint density at radius 1 is 1.26 bits per heavy atom. The summed E-state index contributed by atoms with van der Waals surface area (Å²) in [5, 5.41) is 1.21. The number of hydrogen-bond acceptors (Lipinski definition) is 4. The van der Waals surface area contributed by atoms with Crippen LogP contribution in [0, 0.1) is 11.3 Å². The lowest BCUT2D eigenvalue weighted by molar-refractivity contribution is 0.217. The number of nitrogens with two attached hydrogens (primary N) is 1. The first-order valence-corrected chi connectivity index (χ1v) is 9.19. The maximum atomic E-state index is 5.78. The summed E-state index contributed by atoms with van der Waals surface area (Å²) in [6, 6.07) is 7.56. The van der Waals surface area contributed by atoms with Crippen molar-refractivity contribution in [2.75, 3.05) is 12.3 Å². The van der Waals surface area contributed by atoms with E-state index in [4.69, 9.17) is 15.5 Å². The average Bonchev–Trinajstić information content (AvgIpc) is 2.90. The van der Waals surface area contributed by atoms with Gasteiger partial charge in [-0.1, -0.05) is 20.8 Å². The number of rotatable bonds is 4. The molecule has 4 heteroatoms. The molecule has 1 heterocycles. The molecule has 124 valence electrons. The Balaban J connectivity index is 1.56. The van der Waals surface area contributed by atoms with Crippen LogP contribution in [-0.4, -0.2) is 11.6 Å². The smallest absolute Gasteiger partial charge is 0.119 e. The van der Waals surface area contributed by atoms with Gasteiger partial charge >= 0.3 is 0 Å². The van der Waals surface area contributed by atoms with Gasteiger partial charge in [-0.25, -0.2) is 4.98 Å². The van der Waals surface area contributed by atoms with Crippen molar-refractivity contribution in [3.63, 3.8) is 0 Å². The van der Waals surface area contributed by atoms with E-state index in [2.05, 4.69) is 20.8 Å².